The number of amides is 4. The highest BCUT2D eigenvalue weighted by Crippen LogP contribution is 2.37. The molecule has 12 nitrogen and oxygen atoms in total. The molecule has 2 rings (SSSR count). The maximum absolute atomic E-state index is 12.9. The summed E-state index contributed by atoms with van der Waals surface area (Å²) < 4.78 is 13.5. The van der Waals surface area contributed by atoms with Gasteiger partial charge in [-0.25, -0.2) is 9.59 Å². The average molecular weight is 1370 g/mol. The number of unbranched alkanes of at least 4 members (excludes halogenated alkanes) is 5. The lowest BCUT2D eigenvalue weighted by atomic mass is 10.1. The first-order chi connectivity index (χ1) is 23.7. The van der Waals surface area contributed by atoms with E-state index in [0.29, 0.717) is 56.8 Å². The Morgan fingerprint density at radius 2 is 0.780 bits per heavy atom. The molecule has 0 saturated heterocycles. The standard InChI is InChI=1S/C32H36I6N4O8/c1-5-49-31(47)19-21(33)17(29(45)39-3)23(35)27(25(19)37)41-15(43)13-11-9-7-8-10-12-14-16(44)42-28-24(36)18(30(46)40-4)22(34)20(26(28)38)32(48)50-6-2/h5-14H2,1-4H3,(H,39,45)(H,40,46)(H,41,43)(H,42,44). The zero-order valence-corrected chi connectivity index (χ0v) is 40.5. The van der Waals surface area contributed by atoms with Gasteiger partial charge >= 0.3 is 11.9 Å². The zero-order valence-electron chi connectivity index (χ0n) is 27.6. The van der Waals surface area contributed by atoms with Gasteiger partial charge in [-0.1, -0.05) is 25.7 Å². The fourth-order valence-electron chi connectivity index (χ4n) is 4.64. The molecule has 18 heteroatoms. The van der Waals surface area contributed by atoms with Crippen molar-refractivity contribution in [2.75, 3.05) is 37.9 Å². The molecule has 2 aromatic rings. The minimum Gasteiger partial charge on any atom is -0.462 e. The third-order valence-corrected chi connectivity index (χ3v) is 13.6. The Balaban J connectivity index is 1.94. The van der Waals surface area contributed by atoms with Crippen molar-refractivity contribution in [1.82, 2.24) is 10.6 Å². The van der Waals surface area contributed by atoms with E-state index in [4.69, 9.17) is 9.47 Å². The number of hydrogen-bond donors (Lipinski definition) is 4. The zero-order chi connectivity index (χ0) is 37.7. The third kappa shape index (κ3) is 12.1. The highest BCUT2D eigenvalue weighted by atomic mass is 127. The van der Waals surface area contributed by atoms with Crippen LogP contribution in [-0.2, 0) is 19.1 Å². The molecule has 0 atom stereocenters. The van der Waals surface area contributed by atoms with Gasteiger partial charge in [-0.15, -0.1) is 0 Å². The van der Waals surface area contributed by atoms with Gasteiger partial charge in [0.1, 0.15) is 0 Å². The molecule has 0 aliphatic heterocycles. The van der Waals surface area contributed by atoms with E-state index in [1.807, 2.05) is 136 Å². The number of nitrogens with one attached hydrogen (secondary N) is 4. The van der Waals surface area contributed by atoms with Crippen molar-refractivity contribution in [1.29, 1.82) is 0 Å². The lowest BCUT2D eigenvalue weighted by molar-refractivity contribution is -0.117. The highest BCUT2D eigenvalue weighted by Gasteiger charge is 2.30. The lowest BCUT2D eigenvalue weighted by Crippen LogP contribution is -2.25. The van der Waals surface area contributed by atoms with E-state index in [0.717, 1.165) is 25.7 Å². The molecule has 0 spiro atoms. The Kier molecular flexibility index (Phi) is 20.8. The molecule has 4 N–H and O–H groups in total. The van der Waals surface area contributed by atoms with Crippen LogP contribution in [0.15, 0.2) is 0 Å². The van der Waals surface area contributed by atoms with Crippen molar-refractivity contribution in [3.05, 3.63) is 43.7 Å². The molecule has 0 aliphatic rings. The summed E-state index contributed by atoms with van der Waals surface area (Å²) in [6.07, 6.45) is 5.23. The highest BCUT2D eigenvalue weighted by molar-refractivity contribution is 14.1. The summed E-state index contributed by atoms with van der Waals surface area (Å²) in [4.78, 5) is 76.7. The quantitative estimate of drug-likeness (QED) is 0.0701. The Morgan fingerprint density at radius 1 is 0.480 bits per heavy atom. The van der Waals surface area contributed by atoms with Crippen molar-refractivity contribution in [2.24, 2.45) is 0 Å². The Morgan fingerprint density at radius 3 is 1.08 bits per heavy atom. The smallest absolute Gasteiger partial charge is 0.340 e. The molecule has 0 saturated carbocycles. The Hall–Kier alpha value is -0.360. The summed E-state index contributed by atoms with van der Waals surface area (Å²) in [6, 6.07) is 0. The molecule has 0 aromatic heterocycles. The molecule has 0 bridgehead atoms. The first-order valence-electron chi connectivity index (χ1n) is 15.5. The van der Waals surface area contributed by atoms with Gasteiger partial charge in [0.25, 0.3) is 11.8 Å². The Labute approximate surface area is 373 Å². The topological polar surface area (TPSA) is 169 Å². The molecule has 0 aliphatic carbocycles. The van der Waals surface area contributed by atoms with Crippen LogP contribution in [0.2, 0.25) is 0 Å². The Bertz CT molecular complexity index is 1530. The summed E-state index contributed by atoms with van der Waals surface area (Å²) >= 11 is 12.0. The second kappa shape index (κ2) is 22.8. The van der Waals surface area contributed by atoms with E-state index in [9.17, 15) is 28.8 Å². The van der Waals surface area contributed by atoms with Crippen molar-refractivity contribution >= 4 is 182 Å². The van der Waals surface area contributed by atoms with Gasteiger partial charge in [0, 0.05) is 34.1 Å². The molecule has 0 unspecified atom stereocenters. The number of halogens is 6. The van der Waals surface area contributed by atoms with Crippen LogP contribution in [0.4, 0.5) is 11.4 Å². The second-order valence-corrected chi connectivity index (χ2v) is 16.9. The molecule has 0 radical (unpaired) electrons. The lowest BCUT2D eigenvalue weighted by Gasteiger charge is -2.18. The average Bonchev–Trinajstić information content (AvgIpc) is 3.06. The predicted molar refractivity (Wildman–Crippen MR) is 242 cm³/mol. The molecular formula is C32H36I6N4O8. The SMILES string of the molecule is CCOC(=O)c1c(I)c(NC(=O)CCCCCCCCC(=O)Nc2c(I)c(C(=O)NC)c(I)c(C(=O)OCC)c2I)c(I)c(C(=O)NC)c1I. The third-order valence-electron chi connectivity index (χ3n) is 7.09. The van der Waals surface area contributed by atoms with Crippen LogP contribution >= 0.6 is 136 Å². The molecule has 2 aromatic carbocycles. The van der Waals surface area contributed by atoms with Gasteiger partial charge in [0.2, 0.25) is 11.8 Å². The van der Waals surface area contributed by atoms with Crippen LogP contribution in [0.5, 0.6) is 0 Å². The molecular weight excluding hydrogens is 1330 g/mol. The maximum atomic E-state index is 12.9. The van der Waals surface area contributed by atoms with Gasteiger partial charge in [-0.05, 0) is 162 Å². The van der Waals surface area contributed by atoms with E-state index < -0.39 is 11.9 Å². The first-order valence-corrected chi connectivity index (χ1v) is 21.9. The van der Waals surface area contributed by atoms with Gasteiger partial charge in [-0.3, -0.25) is 19.2 Å². The van der Waals surface area contributed by atoms with Crippen LogP contribution in [0.1, 0.15) is 107 Å². The minimum absolute atomic E-state index is 0.174. The molecule has 0 heterocycles. The number of ether oxygens (including phenoxy) is 2. The number of hydrogen-bond acceptors (Lipinski definition) is 8. The maximum Gasteiger partial charge on any atom is 0.340 e. The normalized spacial score (nSPS) is 10.7. The summed E-state index contributed by atoms with van der Waals surface area (Å²) in [5, 5.41) is 11.0. The van der Waals surface area contributed by atoms with Crippen molar-refractivity contribution in [3.8, 4) is 0 Å². The summed E-state index contributed by atoms with van der Waals surface area (Å²) in [7, 11) is 3.01. The summed E-state index contributed by atoms with van der Waals surface area (Å²) in [5.74, 6) is -2.30. The van der Waals surface area contributed by atoms with Crippen LogP contribution in [0.25, 0.3) is 0 Å². The van der Waals surface area contributed by atoms with Crippen molar-refractivity contribution in [3.63, 3.8) is 0 Å². The molecule has 4 amide bonds. The van der Waals surface area contributed by atoms with Crippen molar-refractivity contribution in [2.45, 2.75) is 65.2 Å². The molecule has 274 valence electrons. The van der Waals surface area contributed by atoms with E-state index in [2.05, 4.69) is 21.3 Å². The van der Waals surface area contributed by atoms with Gasteiger partial charge < -0.3 is 30.7 Å². The van der Waals surface area contributed by atoms with Crippen LogP contribution in [0, 0.1) is 21.4 Å². The number of anilines is 2. The number of rotatable bonds is 17. The van der Waals surface area contributed by atoms with Crippen LogP contribution in [0.3, 0.4) is 0 Å². The number of esters is 2. The largest absolute Gasteiger partial charge is 0.462 e. The van der Waals surface area contributed by atoms with E-state index in [1.165, 1.54) is 14.1 Å². The second-order valence-electron chi connectivity index (χ2n) is 10.5. The fourth-order valence-corrected chi connectivity index (χ4v) is 13.4. The summed E-state index contributed by atoms with van der Waals surface area (Å²) in [6.45, 7) is 3.75. The number of carbonyl (C=O) groups is 6. The van der Waals surface area contributed by atoms with E-state index in [1.54, 1.807) is 13.8 Å². The molecule has 0 fully saturated rings. The first kappa shape index (κ1) is 45.8. The van der Waals surface area contributed by atoms with Crippen molar-refractivity contribution < 1.29 is 38.2 Å². The van der Waals surface area contributed by atoms with Crippen LogP contribution in [-0.4, -0.2) is 62.9 Å². The monoisotopic (exact) mass is 1370 g/mol. The van der Waals surface area contributed by atoms with Gasteiger partial charge in [-0.2, -0.15) is 0 Å². The van der Waals surface area contributed by atoms with Gasteiger partial charge in [0.05, 0.1) is 61.1 Å². The minimum atomic E-state index is -0.562. The van der Waals surface area contributed by atoms with E-state index in [-0.39, 0.29) is 60.8 Å². The predicted octanol–water partition coefficient (Wildman–Crippen LogP) is 8.08. The van der Waals surface area contributed by atoms with E-state index >= 15 is 0 Å². The molecule has 50 heavy (non-hydrogen) atoms. The summed E-state index contributed by atoms with van der Waals surface area (Å²) in [5.41, 5.74) is 1.92. The van der Waals surface area contributed by atoms with Crippen LogP contribution < -0.4 is 21.3 Å². The van der Waals surface area contributed by atoms with Gasteiger partial charge in [0.15, 0.2) is 0 Å². The number of benzene rings is 2. The number of carbonyl (C=O) groups excluding carboxylic acids is 6. The fraction of sp³-hybridized carbons (Fsp3) is 0.438.